The summed E-state index contributed by atoms with van der Waals surface area (Å²) in [6, 6.07) is 4.34. The van der Waals surface area contributed by atoms with Gasteiger partial charge in [0, 0.05) is 72.1 Å². The molecule has 7 heteroatoms. The lowest BCUT2D eigenvalue weighted by molar-refractivity contribution is 0.203. The third-order valence-corrected chi connectivity index (χ3v) is 5.83. The van der Waals surface area contributed by atoms with Crippen LogP contribution >= 0.6 is 0 Å². The van der Waals surface area contributed by atoms with Crippen molar-refractivity contribution in [3.63, 3.8) is 0 Å². The van der Waals surface area contributed by atoms with Crippen molar-refractivity contribution in [1.29, 1.82) is 0 Å². The van der Waals surface area contributed by atoms with Gasteiger partial charge in [0.15, 0.2) is 0 Å². The van der Waals surface area contributed by atoms with Crippen molar-refractivity contribution >= 4 is 5.95 Å². The summed E-state index contributed by atoms with van der Waals surface area (Å²) >= 11 is 0. The molecule has 7 nitrogen and oxygen atoms in total. The molecule has 0 aromatic carbocycles. The molecule has 1 N–H and O–H groups in total. The van der Waals surface area contributed by atoms with Crippen LogP contribution in [-0.4, -0.2) is 49.0 Å². The Hall–Kier alpha value is -2.93. The number of hydrogen-bond acceptors (Lipinski definition) is 7. The minimum absolute atomic E-state index is 0.290. The van der Waals surface area contributed by atoms with Crippen LogP contribution in [0.5, 0.6) is 0 Å². The predicted molar refractivity (Wildman–Crippen MR) is 127 cm³/mol. The maximum absolute atomic E-state index is 4.96. The molecule has 0 saturated carbocycles. The van der Waals surface area contributed by atoms with Gasteiger partial charge in [0.2, 0.25) is 5.95 Å². The molecule has 1 aliphatic rings. The number of hydrogen-bond donors (Lipinski definition) is 1. The lowest BCUT2D eigenvalue weighted by atomic mass is 9.89. The molecule has 1 fully saturated rings. The third-order valence-electron chi connectivity index (χ3n) is 5.83. The van der Waals surface area contributed by atoms with Crippen molar-refractivity contribution in [3.8, 4) is 11.1 Å². The second kappa shape index (κ2) is 10.1. The Morgan fingerprint density at radius 3 is 2.38 bits per heavy atom. The highest BCUT2D eigenvalue weighted by atomic mass is 15.1. The monoisotopic (exact) mass is 431 g/mol. The Morgan fingerprint density at radius 1 is 1.00 bits per heavy atom. The second-order valence-electron chi connectivity index (χ2n) is 9.19. The maximum Gasteiger partial charge on any atom is 0.223 e. The van der Waals surface area contributed by atoms with Crippen LogP contribution in [0, 0.1) is 0 Å². The molecule has 1 saturated heterocycles. The van der Waals surface area contributed by atoms with Crippen LogP contribution in [0.15, 0.2) is 43.1 Å². The lowest BCUT2D eigenvalue weighted by Crippen LogP contribution is -2.33. The fourth-order valence-electron chi connectivity index (χ4n) is 4.15. The number of piperidine rings is 1. The van der Waals surface area contributed by atoms with Crippen LogP contribution in [0.1, 0.15) is 69.5 Å². The zero-order chi connectivity index (χ0) is 22.5. The second-order valence-corrected chi connectivity index (χ2v) is 9.19. The van der Waals surface area contributed by atoms with Crippen LogP contribution < -0.4 is 5.32 Å². The van der Waals surface area contributed by atoms with E-state index in [-0.39, 0.29) is 0 Å². The van der Waals surface area contributed by atoms with E-state index < -0.39 is 0 Å². The van der Waals surface area contributed by atoms with Crippen molar-refractivity contribution in [3.05, 3.63) is 60.2 Å². The molecule has 0 atom stereocenters. The molecule has 32 heavy (non-hydrogen) atoms. The van der Waals surface area contributed by atoms with Crippen molar-refractivity contribution in [2.75, 3.05) is 18.4 Å². The molecule has 0 spiro atoms. The van der Waals surface area contributed by atoms with Crippen LogP contribution in [0.25, 0.3) is 11.1 Å². The first kappa shape index (κ1) is 22.3. The van der Waals surface area contributed by atoms with E-state index in [0.29, 0.717) is 23.8 Å². The average Bonchev–Trinajstić information content (AvgIpc) is 2.80. The summed E-state index contributed by atoms with van der Waals surface area (Å²) in [5.41, 5.74) is 4.46. The predicted octanol–water partition coefficient (Wildman–Crippen LogP) is 4.65. The molecule has 4 heterocycles. The largest absolute Gasteiger partial charge is 0.352 e. The quantitative estimate of drug-likeness (QED) is 0.583. The Labute approximate surface area is 190 Å². The first-order valence-corrected chi connectivity index (χ1v) is 11.6. The number of rotatable bonds is 7. The Kier molecular flexibility index (Phi) is 7.05. The van der Waals surface area contributed by atoms with Gasteiger partial charge in [-0.3, -0.25) is 9.88 Å². The van der Waals surface area contributed by atoms with Crippen LogP contribution in [0.2, 0.25) is 0 Å². The minimum atomic E-state index is 0.290. The van der Waals surface area contributed by atoms with Crippen LogP contribution in [0.4, 0.5) is 5.95 Å². The van der Waals surface area contributed by atoms with Gasteiger partial charge in [0.05, 0.1) is 5.69 Å². The third kappa shape index (κ3) is 5.46. The zero-order valence-electron chi connectivity index (χ0n) is 19.5. The normalized spacial score (nSPS) is 15.4. The standard InChI is InChI=1S/C25H33N7/c1-17(2)24-27-12-19(13-28-24)16-32-10-7-20(8-11-32)23-22(21-6-5-9-26-14-21)15-29-25(31-23)30-18(3)4/h5-6,9,12-15,17-18,20H,7-8,10-11,16H2,1-4H3,(H,29,30,31). The fraction of sp³-hybridized carbons (Fsp3) is 0.480. The SMILES string of the molecule is CC(C)Nc1ncc(-c2cccnc2)c(C2CCN(Cc3cnc(C(C)C)nc3)CC2)n1. The van der Waals surface area contributed by atoms with Gasteiger partial charge < -0.3 is 5.32 Å². The molecule has 0 radical (unpaired) electrons. The zero-order valence-corrected chi connectivity index (χ0v) is 19.5. The van der Waals surface area contributed by atoms with Crippen LogP contribution in [-0.2, 0) is 6.54 Å². The van der Waals surface area contributed by atoms with Crippen molar-refractivity contribution in [2.45, 2.75) is 65.0 Å². The molecule has 4 rings (SSSR count). The Balaban J connectivity index is 1.48. The van der Waals surface area contributed by atoms with E-state index in [0.717, 1.165) is 55.1 Å². The van der Waals surface area contributed by atoms with Crippen molar-refractivity contribution < 1.29 is 0 Å². The molecule has 0 amide bonds. The van der Waals surface area contributed by atoms with Gasteiger partial charge >= 0.3 is 0 Å². The first-order chi connectivity index (χ1) is 15.5. The maximum atomic E-state index is 4.96. The van der Waals surface area contributed by atoms with E-state index >= 15 is 0 Å². The highest BCUT2D eigenvalue weighted by Gasteiger charge is 2.25. The molecule has 0 aliphatic carbocycles. The number of pyridine rings is 1. The minimum Gasteiger partial charge on any atom is -0.352 e. The van der Waals surface area contributed by atoms with Gasteiger partial charge in [-0.1, -0.05) is 19.9 Å². The summed E-state index contributed by atoms with van der Waals surface area (Å²) in [5, 5.41) is 3.35. The number of anilines is 1. The summed E-state index contributed by atoms with van der Waals surface area (Å²) in [6.07, 6.45) is 11.7. The molecule has 3 aromatic rings. The van der Waals surface area contributed by atoms with E-state index in [9.17, 15) is 0 Å². The highest BCUT2D eigenvalue weighted by Crippen LogP contribution is 2.34. The Bertz CT molecular complexity index is 995. The molecular weight excluding hydrogens is 398 g/mol. The lowest BCUT2D eigenvalue weighted by Gasteiger charge is -2.32. The Morgan fingerprint density at radius 2 is 1.75 bits per heavy atom. The van der Waals surface area contributed by atoms with Crippen molar-refractivity contribution in [1.82, 2.24) is 29.8 Å². The molecular formula is C25H33N7. The van der Waals surface area contributed by atoms with E-state index in [1.54, 1.807) is 6.20 Å². The summed E-state index contributed by atoms with van der Waals surface area (Å²) in [7, 11) is 0. The number of nitrogens with one attached hydrogen (secondary N) is 1. The highest BCUT2D eigenvalue weighted by molar-refractivity contribution is 5.65. The summed E-state index contributed by atoms with van der Waals surface area (Å²) in [5.74, 6) is 2.37. The summed E-state index contributed by atoms with van der Waals surface area (Å²) < 4.78 is 0. The average molecular weight is 432 g/mol. The summed E-state index contributed by atoms with van der Waals surface area (Å²) in [4.78, 5) is 25.4. The molecule has 168 valence electrons. The van der Waals surface area contributed by atoms with E-state index in [1.807, 2.05) is 30.9 Å². The van der Waals surface area contributed by atoms with Crippen LogP contribution in [0.3, 0.4) is 0 Å². The van der Waals surface area contributed by atoms with Gasteiger partial charge in [-0.25, -0.2) is 19.9 Å². The van der Waals surface area contributed by atoms with Crippen molar-refractivity contribution in [2.24, 2.45) is 0 Å². The smallest absolute Gasteiger partial charge is 0.223 e. The first-order valence-electron chi connectivity index (χ1n) is 11.6. The van der Waals surface area contributed by atoms with Gasteiger partial charge in [-0.05, 0) is 45.8 Å². The molecule has 1 aliphatic heterocycles. The molecule has 3 aromatic heterocycles. The number of likely N-dealkylation sites (tertiary alicyclic amines) is 1. The van der Waals surface area contributed by atoms with E-state index in [4.69, 9.17) is 4.98 Å². The molecule has 0 bridgehead atoms. The number of nitrogens with zero attached hydrogens (tertiary/aromatic N) is 6. The van der Waals surface area contributed by atoms with Gasteiger partial charge in [-0.2, -0.15) is 0 Å². The van der Waals surface area contributed by atoms with Gasteiger partial charge in [0.25, 0.3) is 0 Å². The number of aromatic nitrogens is 5. The van der Waals surface area contributed by atoms with E-state index in [2.05, 4.69) is 63.9 Å². The van der Waals surface area contributed by atoms with Gasteiger partial charge in [0.1, 0.15) is 5.82 Å². The molecule has 0 unspecified atom stereocenters. The fourth-order valence-corrected chi connectivity index (χ4v) is 4.15. The topological polar surface area (TPSA) is 79.7 Å². The van der Waals surface area contributed by atoms with Gasteiger partial charge in [-0.15, -0.1) is 0 Å². The summed E-state index contributed by atoms with van der Waals surface area (Å²) in [6.45, 7) is 11.4. The van der Waals surface area contributed by atoms with E-state index in [1.165, 1.54) is 5.56 Å².